The van der Waals surface area contributed by atoms with E-state index in [0.29, 0.717) is 11.3 Å². The first-order valence-corrected chi connectivity index (χ1v) is 10.8. The molecule has 0 N–H and O–H groups in total. The van der Waals surface area contributed by atoms with E-state index in [0.717, 1.165) is 47.1 Å². The van der Waals surface area contributed by atoms with Crippen LogP contribution in [0.1, 0.15) is 50.0 Å². The van der Waals surface area contributed by atoms with Crippen LogP contribution in [-0.4, -0.2) is 30.6 Å². The molecule has 6 rings (SSSR count). The molecule has 0 atom stereocenters. The highest BCUT2D eigenvalue weighted by atomic mass is 16.5. The summed E-state index contributed by atoms with van der Waals surface area (Å²) in [5.74, 6) is 5.39. The van der Waals surface area contributed by atoms with Gasteiger partial charge in [-0.2, -0.15) is 0 Å². The van der Waals surface area contributed by atoms with Crippen molar-refractivity contribution in [3.05, 3.63) is 35.7 Å². The van der Waals surface area contributed by atoms with Crippen LogP contribution in [0.4, 0.5) is 0 Å². The largest absolute Gasteiger partial charge is 0.496 e. The van der Waals surface area contributed by atoms with Crippen LogP contribution in [0, 0.1) is 30.1 Å². The van der Waals surface area contributed by atoms with E-state index in [2.05, 4.69) is 11.9 Å². The van der Waals surface area contributed by atoms with Crippen molar-refractivity contribution in [3.63, 3.8) is 0 Å². The van der Waals surface area contributed by atoms with Gasteiger partial charge in [-0.25, -0.2) is 4.98 Å². The molecular weight excluding hydrogens is 348 g/mol. The number of nitrogens with zero attached hydrogens (tertiary/aromatic N) is 2. The minimum atomic E-state index is 0.562. The van der Waals surface area contributed by atoms with Gasteiger partial charge in [-0.05, 0) is 87.8 Å². The Balaban J connectivity index is 1.31. The predicted octanol–water partition coefficient (Wildman–Crippen LogP) is 5.31. The van der Waals surface area contributed by atoms with E-state index in [1.54, 1.807) is 7.11 Å². The van der Waals surface area contributed by atoms with Gasteiger partial charge in [0.2, 0.25) is 5.89 Å². The van der Waals surface area contributed by atoms with Gasteiger partial charge in [-0.1, -0.05) is 12.1 Å². The van der Waals surface area contributed by atoms with Crippen LogP contribution in [0.3, 0.4) is 0 Å². The zero-order chi connectivity index (χ0) is 19.3. The van der Waals surface area contributed by atoms with Crippen LogP contribution >= 0.6 is 0 Å². The van der Waals surface area contributed by atoms with E-state index in [1.807, 2.05) is 31.2 Å². The molecule has 0 aliphatic heterocycles. The minimum Gasteiger partial charge on any atom is -0.496 e. The van der Waals surface area contributed by atoms with E-state index < -0.39 is 0 Å². The molecule has 1 aromatic heterocycles. The number of hydrogen-bond donors (Lipinski definition) is 0. The van der Waals surface area contributed by atoms with Crippen LogP contribution < -0.4 is 4.74 Å². The summed E-state index contributed by atoms with van der Waals surface area (Å²) in [4.78, 5) is 7.32. The quantitative estimate of drug-likeness (QED) is 0.681. The maximum Gasteiger partial charge on any atom is 0.230 e. The van der Waals surface area contributed by atoms with Gasteiger partial charge < -0.3 is 9.15 Å². The number of hydrogen-bond acceptors (Lipinski definition) is 4. The van der Waals surface area contributed by atoms with Crippen LogP contribution in [0.15, 0.2) is 28.7 Å². The summed E-state index contributed by atoms with van der Waals surface area (Å²) in [5.41, 5.74) is 2.53. The standard InChI is InChI=1S/C24H32N2O2/c1-16-21(25-23(28-16)20-6-4-5-7-22(20)27-3)14-26(2)15-24-11-17-8-18(12-24)10-19(9-17)13-24/h4-7,17-19H,8-15H2,1-3H3. The second kappa shape index (κ2) is 6.91. The Morgan fingerprint density at radius 3 is 2.39 bits per heavy atom. The molecule has 1 heterocycles. The Kier molecular flexibility index (Phi) is 4.50. The molecule has 4 aliphatic rings. The van der Waals surface area contributed by atoms with Gasteiger partial charge in [-0.3, -0.25) is 4.90 Å². The third-order valence-corrected chi connectivity index (χ3v) is 7.42. The molecule has 0 saturated heterocycles. The maximum atomic E-state index is 6.02. The van der Waals surface area contributed by atoms with Crippen molar-refractivity contribution in [2.45, 2.75) is 52.0 Å². The van der Waals surface area contributed by atoms with E-state index in [1.165, 1.54) is 45.1 Å². The van der Waals surface area contributed by atoms with Gasteiger partial charge in [0, 0.05) is 13.1 Å². The molecule has 4 saturated carbocycles. The second-order valence-corrected chi connectivity index (χ2v) is 9.81. The van der Waals surface area contributed by atoms with E-state index in [-0.39, 0.29) is 0 Å². The molecule has 0 spiro atoms. The Morgan fingerprint density at radius 2 is 1.75 bits per heavy atom. The second-order valence-electron chi connectivity index (χ2n) is 9.81. The number of benzene rings is 1. The van der Waals surface area contributed by atoms with E-state index in [9.17, 15) is 0 Å². The van der Waals surface area contributed by atoms with Gasteiger partial charge in [0.05, 0.1) is 18.4 Å². The fraction of sp³-hybridized carbons (Fsp3) is 0.625. The lowest BCUT2D eigenvalue weighted by Crippen LogP contribution is -2.50. The van der Waals surface area contributed by atoms with Gasteiger partial charge >= 0.3 is 0 Å². The molecule has 0 radical (unpaired) electrons. The molecule has 150 valence electrons. The van der Waals surface area contributed by atoms with Gasteiger partial charge in [-0.15, -0.1) is 0 Å². The third kappa shape index (κ3) is 3.26. The average Bonchev–Trinajstić information content (AvgIpc) is 3.00. The average molecular weight is 381 g/mol. The van der Waals surface area contributed by atoms with Crippen LogP contribution in [0.2, 0.25) is 0 Å². The van der Waals surface area contributed by atoms with Crippen LogP contribution in [0.25, 0.3) is 11.5 Å². The molecule has 4 bridgehead atoms. The number of oxazole rings is 1. The summed E-state index contributed by atoms with van der Waals surface area (Å²) in [6, 6.07) is 7.93. The van der Waals surface area contributed by atoms with Crippen LogP contribution in [0.5, 0.6) is 5.75 Å². The van der Waals surface area contributed by atoms with Crippen molar-refractivity contribution in [1.82, 2.24) is 9.88 Å². The predicted molar refractivity (Wildman–Crippen MR) is 110 cm³/mol. The number of para-hydroxylation sites is 1. The van der Waals surface area contributed by atoms with E-state index in [4.69, 9.17) is 14.1 Å². The summed E-state index contributed by atoms with van der Waals surface area (Å²) in [7, 11) is 3.95. The van der Waals surface area contributed by atoms with Gasteiger partial charge in [0.15, 0.2) is 0 Å². The van der Waals surface area contributed by atoms with Crippen molar-refractivity contribution in [2.75, 3.05) is 20.7 Å². The highest BCUT2D eigenvalue weighted by molar-refractivity contribution is 5.62. The summed E-state index contributed by atoms with van der Waals surface area (Å²) in [5, 5.41) is 0. The molecule has 0 unspecified atom stereocenters. The van der Waals surface area contributed by atoms with Crippen molar-refractivity contribution >= 4 is 0 Å². The van der Waals surface area contributed by atoms with Gasteiger partial charge in [0.25, 0.3) is 0 Å². The maximum absolute atomic E-state index is 6.02. The first kappa shape index (κ1) is 18.2. The minimum absolute atomic E-state index is 0.562. The highest BCUT2D eigenvalue weighted by Gasteiger charge is 2.51. The Labute approximate surface area is 168 Å². The first-order chi connectivity index (χ1) is 13.5. The Bertz CT molecular complexity index is 821. The Hall–Kier alpha value is -1.81. The van der Waals surface area contributed by atoms with Crippen LogP contribution in [-0.2, 0) is 6.54 Å². The topological polar surface area (TPSA) is 38.5 Å². The summed E-state index contributed by atoms with van der Waals surface area (Å²) in [6.07, 6.45) is 8.88. The molecule has 28 heavy (non-hydrogen) atoms. The molecule has 1 aromatic carbocycles. The SMILES string of the molecule is COc1ccccc1-c1nc(CN(C)CC23CC4CC(CC(C4)C2)C3)c(C)o1. The number of methoxy groups -OCH3 is 1. The van der Waals surface area contributed by atoms with Crippen molar-refractivity contribution in [3.8, 4) is 17.2 Å². The zero-order valence-electron chi connectivity index (χ0n) is 17.4. The smallest absolute Gasteiger partial charge is 0.230 e. The molecule has 4 aliphatic carbocycles. The number of rotatable bonds is 6. The third-order valence-electron chi connectivity index (χ3n) is 7.42. The Morgan fingerprint density at radius 1 is 1.11 bits per heavy atom. The number of ether oxygens (including phenoxy) is 1. The molecule has 4 heteroatoms. The lowest BCUT2D eigenvalue weighted by atomic mass is 9.49. The number of aromatic nitrogens is 1. The summed E-state index contributed by atoms with van der Waals surface area (Å²) < 4.78 is 11.5. The van der Waals surface area contributed by atoms with E-state index >= 15 is 0 Å². The lowest BCUT2D eigenvalue weighted by Gasteiger charge is -2.57. The lowest BCUT2D eigenvalue weighted by molar-refractivity contribution is -0.0671. The first-order valence-electron chi connectivity index (χ1n) is 10.8. The van der Waals surface area contributed by atoms with Crippen molar-refractivity contribution in [1.29, 1.82) is 0 Å². The molecular formula is C24H32N2O2. The molecule has 4 fully saturated rings. The summed E-state index contributed by atoms with van der Waals surface area (Å²) >= 11 is 0. The molecule has 0 amide bonds. The fourth-order valence-corrected chi connectivity index (χ4v) is 6.88. The number of aryl methyl sites for hydroxylation is 1. The molecule has 4 nitrogen and oxygen atoms in total. The molecule has 2 aromatic rings. The van der Waals surface area contributed by atoms with Gasteiger partial charge in [0.1, 0.15) is 11.5 Å². The fourth-order valence-electron chi connectivity index (χ4n) is 6.88. The van der Waals surface area contributed by atoms with Crippen molar-refractivity contribution < 1.29 is 9.15 Å². The van der Waals surface area contributed by atoms with Crippen molar-refractivity contribution in [2.24, 2.45) is 23.2 Å². The summed E-state index contributed by atoms with van der Waals surface area (Å²) in [6.45, 7) is 4.08. The zero-order valence-corrected chi connectivity index (χ0v) is 17.4. The highest BCUT2D eigenvalue weighted by Crippen LogP contribution is 2.60. The monoisotopic (exact) mass is 380 g/mol. The normalized spacial score (nSPS) is 30.9.